The molecule has 0 aromatic carbocycles. The van der Waals surface area contributed by atoms with Crippen LogP contribution in [0.4, 0.5) is 0 Å². The lowest BCUT2D eigenvalue weighted by Crippen LogP contribution is -2.43. The molecule has 1 aromatic rings. The zero-order chi connectivity index (χ0) is 16.7. The van der Waals surface area contributed by atoms with Crippen LogP contribution in [0.15, 0.2) is 17.5 Å². The molecular formula is C18H30ClNO3S. The lowest BCUT2D eigenvalue weighted by atomic mass is 9.75. The van der Waals surface area contributed by atoms with E-state index in [1.165, 1.54) is 11.3 Å². The van der Waals surface area contributed by atoms with Crippen LogP contribution in [0.1, 0.15) is 56.7 Å². The van der Waals surface area contributed by atoms with Gasteiger partial charge < -0.3 is 14.7 Å². The van der Waals surface area contributed by atoms with E-state index in [2.05, 4.69) is 18.7 Å². The molecule has 1 unspecified atom stereocenters. The van der Waals surface area contributed by atoms with Gasteiger partial charge in [-0.2, -0.15) is 0 Å². The summed E-state index contributed by atoms with van der Waals surface area (Å²) in [4.78, 5) is 15.9. The zero-order valence-corrected chi connectivity index (χ0v) is 16.3. The van der Waals surface area contributed by atoms with Gasteiger partial charge in [0.05, 0.1) is 5.60 Å². The molecule has 1 heterocycles. The Morgan fingerprint density at radius 1 is 1.33 bits per heavy atom. The SMILES string of the molecule is CCN(CC)CCOC(=O)C(c1cccs1)C1(O)CCCCC1.Cl. The van der Waals surface area contributed by atoms with Crippen LogP contribution in [-0.2, 0) is 9.53 Å². The first-order chi connectivity index (χ1) is 11.1. The largest absolute Gasteiger partial charge is 0.464 e. The maximum atomic E-state index is 12.7. The summed E-state index contributed by atoms with van der Waals surface area (Å²) < 4.78 is 5.55. The molecule has 138 valence electrons. The van der Waals surface area contributed by atoms with Gasteiger partial charge in [-0.05, 0) is 37.4 Å². The molecule has 4 nitrogen and oxygen atoms in total. The molecular weight excluding hydrogens is 346 g/mol. The Morgan fingerprint density at radius 2 is 2.00 bits per heavy atom. The number of likely N-dealkylation sites (N-methyl/N-ethyl adjacent to an activating group) is 1. The van der Waals surface area contributed by atoms with Crippen LogP contribution in [0.2, 0.25) is 0 Å². The smallest absolute Gasteiger partial charge is 0.317 e. The van der Waals surface area contributed by atoms with Crippen LogP contribution in [0.3, 0.4) is 0 Å². The van der Waals surface area contributed by atoms with E-state index in [1.807, 2.05) is 17.5 Å². The predicted molar refractivity (Wildman–Crippen MR) is 101 cm³/mol. The molecule has 0 radical (unpaired) electrons. The lowest BCUT2D eigenvalue weighted by molar-refractivity contribution is -0.154. The molecule has 0 bridgehead atoms. The number of esters is 1. The van der Waals surface area contributed by atoms with Crippen molar-refractivity contribution in [3.63, 3.8) is 0 Å². The van der Waals surface area contributed by atoms with Crippen molar-refractivity contribution in [2.75, 3.05) is 26.2 Å². The highest BCUT2D eigenvalue weighted by molar-refractivity contribution is 7.10. The van der Waals surface area contributed by atoms with Crippen LogP contribution in [0.25, 0.3) is 0 Å². The quantitative estimate of drug-likeness (QED) is 0.701. The summed E-state index contributed by atoms with van der Waals surface area (Å²) in [6.45, 7) is 7.24. The van der Waals surface area contributed by atoms with E-state index >= 15 is 0 Å². The number of thiophene rings is 1. The molecule has 0 spiro atoms. The molecule has 0 aliphatic heterocycles. The van der Waals surface area contributed by atoms with Crippen LogP contribution >= 0.6 is 23.7 Å². The Bertz CT molecular complexity index is 471. The van der Waals surface area contributed by atoms with Gasteiger partial charge >= 0.3 is 5.97 Å². The summed E-state index contributed by atoms with van der Waals surface area (Å²) >= 11 is 1.53. The van der Waals surface area contributed by atoms with E-state index in [-0.39, 0.29) is 18.4 Å². The van der Waals surface area contributed by atoms with E-state index in [0.717, 1.165) is 43.8 Å². The molecule has 1 aliphatic carbocycles. The second kappa shape index (κ2) is 10.4. The number of hydrogen-bond acceptors (Lipinski definition) is 5. The van der Waals surface area contributed by atoms with Gasteiger partial charge in [0, 0.05) is 11.4 Å². The first kappa shape index (κ1) is 21.4. The topological polar surface area (TPSA) is 49.8 Å². The Hall–Kier alpha value is -0.620. The number of nitrogens with zero attached hydrogens (tertiary/aromatic N) is 1. The third-order valence-electron chi connectivity index (χ3n) is 4.87. The van der Waals surface area contributed by atoms with Crippen LogP contribution in [0.5, 0.6) is 0 Å². The number of aliphatic hydroxyl groups is 1. The molecule has 1 N–H and O–H groups in total. The minimum Gasteiger partial charge on any atom is -0.464 e. The summed E-state index contributed by atoms with van der Waals surface area (Å²) in [5.74, 6) is -0.816. The molecule has 24 heavy (non-hydrogen) atoms. The predicted octanol–water partition coefficient (Wildman–Crippen LogP) is 3.83. The van der Waals surface area contributed by atoms with Crippen molar-refractivity contribution in [3.8, 4) is 0 Å². The zero-order valence-electron chi connectivity index (χ0n) is 14.7. The number of carbonyl (C=O) groups is 1. The fraction of sp³-hybridized carbons (Fsp3) is 0.722. The second-order valence-electron chi connectivity index (χ2n) is 6.31. The minimum absolute atomic E-state index is 0. The second-order valence-corrected chi connectivity index (χ2v) is 7.29. The van der Waals surface area contributed by atoms with Crippen molar-refractivity contribution in [2.24, 2.45) is 0 Å². The van der Waals surface area contributed by atoms with Crippen LogP contribution in [-0.4, -0.2) is 47.8 Å². The standard InChI is InChI=1S/C18H29NO3S.ClH/c1-3-19(4-2)12-13-22-17(20)16(15-9-8-14-23-15)18(21)10-6-5-7-11-18;/h8-9,14,16,21H,3-7,10-13H2,1-2H3;1H. The Labute approximate surface area is 155 Å². The Morgan fingerprint density at radius 3 is 2.54 bits per heavy atom. The summed E-state index contributed by atoms with van der Waals surface area (Å²) in [5, 5.41) is 13.0. The third kappa shape index (κ3) is 5.45. The van der Waals surface area contributed by atoms with Gasteiger partial charge in [-0.25, -0.2) is 0 Å². The highest BCUT2D eigenvalue weighted by Gasteiger charge is 2.44. The molecule has 1 aliphatic rings. The maximum absolute atomic E-state index is 12.7. The summed E-state index contributed by atoms with van der Waals surface area (Å²) in [6.07, 6.45) is 4.45. The Balaban J connectivity index is 0.00000288. The Kier molecular flexibility index (Phi) is 9.27. The monoisotopic (exact) mass is 375 g/mol. The molecule has 1 fully saturated rings. The molecule has 2 rings (SSSR count). The van der Waals surface area contributed by atoms with E-state index in [9.17, 15) is 9.90 Å². The average Bonchev–Trinajstić information content (AvgIpc) is 3.06. The first-order valence-electron chi connectivity index (χ1n) is 8.75. The molecule has 1 atom stereocenters. The van der Waals surface area contributed by atoms with Crippen molar-refractivity contribution in [2.45, 2.75) is 57.5 Å². The van der Waals surface area contributed by atoms with Crippen LogP contribution in [0, 0.1) is 0 Å². The molecule has 0 amide bonds. The van der Waals surface area contributed by atoms with Crippen molar-refractivity contribution in [1.29, 1.82) is 0 Å². The fourth-order valence-electron chi connectivity index (χ4n) is 3.41. The summed E-state index contributed by atoms with van der Waals surface area (Å²) in [7, 11) is 0. The number of rotatable bonds is 8. The summed E-state index contributed by atoms with van der Waals surface area (Å²) in [6, 6.07) is 3.87. The van der Waals surface area contributed by atoms with E-state index in [0.29, 0.717) is 19.4 Å². The minimum atomic E-state index is -0.949. The van der Waals surface area contributed by atoms with Gasteiger partial charge in [0.2, 0.25) is 0 Å². The van der Waals surface area contributed by atoms with Crippen molar-refractivity contribution in [3.05, 3.63) is 22.4 Å². The highest BCUT2D eigenvalue weighted by atomic mass is 35.5. The summed E-state index contributed by atoms with van der Waals surface area (Å²) in [5.41, 5.74) is -0.949. The van der Waals surface area contributed by atoms with E-state index < -0.39 is 11.5 Å². The first-order valence-corrected chi connectivity index (χ1v) is 9.63. The van der Waals surface area contributed by atoms with Crippen molar-refractivity contribution in [1.82, 2.24) is 4.90 Å². The van der Waals surface area contributed by atoms with Crippen LogP contribution < -0.4 is 0 Å². The average molecular weight is 376 g/mol. The number of carbonyl (C=O) groups excluding carboxylic acids is 1. The number of halogens is 1. The van der Waals surface area contributed by atoms with Gasteiger partial charge in [0.25, 0.3) is 0 Å². The van der Waals surface area contributed by atoms with Gasteiger partial charge in [-0.15, -0.1) is 23.7 Å². The fourth-order valence-corrected chi connectivity index (χ4v) is 4.33. The van der Waals surface area contributed by atoms with Crippen molar-refractivity contribution >= 4 is 29.7 Å². The number of hydrogen-bond donors (Lipinski definition) is 1. The van der Waals surface area contributed by atoms with E-state index in [1.54, 1.807) is 0 Å². The molecule has 6 heteroatoms. The molecule has 1 saturated carbocycles. The van der Waals surface area contributed by atoms with Gasteiger partial charge in [0.15, 0.2) is 0 Å². The molecule has 0 saturated heterocycles. The van der Waals surface area contributed by atoms with Gasteiger partial charge in [-0.1, -0.05) is 39.2 Å². The normalized spacial score (nSPS) is 18.0. The van der Waals surface area contributed by atoms with Gasteiger partial charge in [0.1, 0.15) is 12.5 Å². The van der Waals surface area contributed by atoms with Gasteiger partial charge in [-0.3, -0.25) is 4.79 Å². The highest BCUT2D eigenvalue weighted by Crippen LogP contribution is 2.42. The van der Waals surface area contributed by atoms with E-state index in [4.69, 9.17) is 4.74 Å². The van der Waals surface area contributed by atoms with Crippen molar-refractivity contribution < 1.29 is 14.6 Å². The third-order valence-corrected chi connectivity index (χ3v) is 5.80. The number of ether oxygens (including phenoxy) is 1. The maximum Gasteiger partial charge on any atom is 0.317 e. The lowest BCUT2D eigenvalue weighted by Gasteiger charge is -2.37. The molecule has 1 aromatic heterocycles.